The average Bonchev–Trinajstić information content (AvgIpc) is 2.71. The second kappa shape index (κ2) is 6.73. The molecule has 3 heterocycles. The monoisotopic (exact) mass is 305 g/mol. The van der Waals surface area contributed by atoms with E-state index in [1.165, 1.54) is 5.56 Å². The lowest BCUT2D eigenvalue weighted by atomic mass is 10.0. The molecule has 1 spiro atoms. The van der Waals surface area contributed by atoms with E-state index in [4.69, 9.17) is 9.47 Å². The van der Waals surface area contributed by atoms with Crippen molar-refractivity contribution in [1.82, 2.24) is 14.8 Å². The van der Waals surface area contributed by atoms with Crippen LogP contribution in [0.5, 0.6) is 0 Å². The van der Waals surface area contributed by atoms with E-state index >= 15 is 0 Å². The summed E-state index contributed by atoms with van der Waals surface area (Å²) in [6.07, 6.45) is 3.63. The molecular formula is C16H23N3O3. The van der Waals surface area contributed by atoms with Crippen LogP contribution < -0.4 is 0 Å². The SMILES string of the molecule is CC(=O)N1CCOCC2(CN(Cc3ccncc3)CCO2)C1. The van der Waals surface area contributed by atoms with E-state index in [1.54, 1.807) is 6.92 Å². The van der Waals surface area contributed by atoms with E-state index in [2.05, 4.69) is 9.88 Å². The summed E-state index contributed by atoms with van der Waals surface area (Å²) in [6.45, 7) is 7.19. The van der Waals surface area contributed by atoms with Crippen molar-refractivity contribution in [2.45, 2.75) is 19.1 Å². The van der Waals surface area contributed by atoms with Gasteiger partial charge in [0.25, 0.3) is 0 Å². The van der Waals surface area contributed by atoms with Crippen molar-refractivity contribution in [2.24, 2.45) is 0 Å². The van der Waals surface area contributed by atoms with Crippen LogP contribution >= 0.6 is 0 Å². The second-order valence-electron chi connectivity index (χ2n) is 6.09. The van der Waals surface area contributed by atoms with Crippen molar-refractivity contribution in [3.05, 3.63) is 30.1 Å². The predicted octanol–water partition coefficient (Wildman–Crippen LogP) is 0.531. The van der Waals surface area contributed by atoms with Gasteiger partial charge in [0, 0.05) is 45.5 Å². The minimum Gasteiger partial charge on any atom is -0.376 e. The Morgan fingerprint density at radius 1 is 1.27 bits per heavy atom. The Morgan fingerprint density at radius 3 is 2.86 bits per heavy atom. The van der Waals surface area contributed by atoms with Crippen LogP contribution in [0.1, 0.15) is 12.5 Å². The van der Waals surface area contributed by atoms with Crippen LogP contribution in [0, 0.1) is 0 Å². The summed E-state index contributed by atoms with van der Waals surface area (Å²) in [5, 5.41) is 0. The Labute approximate surface area is 131 Å². The van der Waals surface area contributed by atoms with Crippen LogP contribution in [0.3, 0.4) is 0 Å². The first kappa shape index (κ1) is 15.4. The van der Waals surface area contributed by atoms with Crippen LogP contribution in [0.15, 0.2) is 24.5 Å². The molecule has 0 N–H and O–H groups in total. The third-order valence-electron chi connectivity index (χ3n) is 4.28. The number of ether oxygens (including phenoxy) is 2. The molecular weight excluding hydrogens is 282 g/mol. The number of morpholine rings is 1. The Hall–Kier alpha value is -1.50. The fourth-order valence-electron chi connectivity index (χ4n) is 3.16. The molecule has 22 heavy (non-hydrogen) atoms. The van der Waals surface area contributed by atoms with E-state index in [1.807, 2.05) is 29.4 Å². The van der Waals surface area contributed by atoms with E-state index in [9.17, 15) is 4.79 Å². The van der Waals surface area contributed by atoms with Crippen molar-refractivity contribution in [3.63, 3.8) is 0 Å². The van der Waals surface area contributed by atoms with Crippen LogP contribution in [0.25, 0.3) is 0 Å². The zero-order valence-corrected chi connectivity index (χ0v) is 13.0. The van der Waals surface area contributed by atoms with Crippen LogP contribution in [-0.4, -0.2) is 72.3 Å². The molecule has 0 aromatic carbocycles. The Morgan fingerprint density at radius 2 is 2.09 bits per heavy atom. The largest absolute Gasteiger partial charge is 0.376 e. The summed E-state index contributed by atoms with van der Waals surface area (Å²) in [4.78, 5) is 20.0. The number of carbonyl (C=O) groups excluding carboxylic acids is 1. The summed E-state index contributed by atoms with van der Waals surface area (Å²) in [7, 11) is 0. The van der Waals surface area contributed by atoms with E-state index in [0.717, 1.165) is 19.6 Å². The van der Waals surface area contributed by atoms with Crippen molar-refractivity contribution < 1.29 is 14.3 Å². The van der Waals surface area contributed by atoms with Crippen molar-refractivity contribution >= 4 is 5.91 Å². The molecule has 1 unspecified atom stereocenters. The molecule has 0 bridgehead atoms. The van der Waals surface area contributed by atoms with Crippen molar-refractivity contribution in [2.75, 3.05) is 46.0 Å². The summed E-state index contributed by atoms with van der Waals surface area (Å²) in [5.74, 6) is 0.0831. The van der Waals surface area contributed by atoms with E-state index in [-0.39, 0.29) is 5.91 Å². The minimum atomic E-state index is -0.409. The molecule has 2 aliphatic rings. The molecule has 1 amide bonds. The highest BCUT2D eigenvalue weighted by molar-refractivity contribution is 5.73. The number of pyridine rings is 1. The number of hydrogen-bond donors (Lipinski definition) is 0. The first-order valence-corrected chi connectivity index (χ1v) is 7.75. The zero-order chi connectivity index (χ0) is 15.4. The lowest BCUT2D eigenvalue weighted by Crippen LogP contribution is -2.58. The predicted molar refractivity (Wildman–Crippen MR) is 81.3 cm³/mol. The van der Waals surface area contributed by atoms with Gasteiger partial charge < -0.3 is 14.4 Å². The maximum atomic E-state index is 11.7. The molecule has 1 aromatic rings. The Kier molecular flexibility index (Phi) is 4.71. The van der Waals surface area contributed by atoms with Gasteiger partial charge in [-0.3, -0.25) is 14.7 Å². The molecule has 6 nitrogen and oxygen atoms in total. The number of amides is 1. The van der Waals surface area contributed by atoms with Gasteiger partial charge in [0.2, 0.25) is 5.91 Å². The van der Waals surface area contributed by atoms with Gasteiger partial charge in [0.1, 0.15) is 5.60 Å². The van der Waals surface area contributed by atoms with E-state index < -0.39 is 5.60 Å². The number of rotatable bonds is 2. The zero-order valence-electron chi connectivity index (χ0n) is 13.0. The molecule has 6 heteroatoms. The fourth-order valence-corrected chi connectivity index (χ4v) is 3.16. The number of carbonyl (C=O) groups is 1. The Bertz CT molecular complexity index is 511. The highest BCUT2D eigenvalue weighted by atomic mass is 16.5. The van der Waals surface area contributed by atoms with Crippen LogP contribution in [-0.2, 0) is 20.8 Å². The van der Waals surface area contributed by atoms with Gasteiger partial charge in [-0.25, -0.2) is 0 Å². The van der Waals surface area contributed by atoms with Gasteiger partial charge in [-0.05, 0) is 17.7 Å². The molecule has 1 atom stereocenters. The summed E-state index contributed by atoms with van der Waals surface area (Å²) < 4.78 is 11.8. The summed E-state index contributed by atoms with van der Waals surface area (Å²) in [6, 6.07) is 4.07. The normalized spacial score (nSPS) is 26.9. The first-order valence-electron chi connectivity index (χ1n) is 7.75. The average molecular weight is 305 g/mol. The number of hydrogen-bond acceptors (Lipinski definition) is 5. The molecule has 120 valence electrons. The van der Waals surface area contributed by atoms with Gasteiger partial charge in [-0.15, -0.1) is 0 Å². The molecule has 2 saturated heterocycles. The smallest absolute Gasteiger partial charge is 0.219 e. The van der Waals surface area contributed by atoms with Gasteiger partial charge >= 0.3 is 0 Å². The third kappa shape index (κ3) is 3.63. The fraction of sp³-hybridized carbons (Fsp3) is 0.625. The standard InChI is InChI=1S/C16H23N3O3/c1-14(20)19-7-8-21-13-16(12-19)11-18(6-9-22-16)10-15-2-4-17-5-3-15/h2-5H,6-13H2,1H3. The lowest BCUT2D eigenvalue weighted by molar-refractivity contribution is -0.151. The lowest BCUT2D eigenvalue weighted by Gasteiger charge is -2.43. The third-order valence-corrected chi connectivity index (χ3v) is 4.28. The highest BCUT2D eigenvalue weighted by Crippen LogP contribution is 2.23. The van der Waals surface area contributed by atoms with Crippen LogP contribution in [0.2, 0.25) is 0 Å². The van der Waals surface area contributed by atoms with Crippen LogP contribution in [0.4, 0.5) is 0 Å². The van der Waals surface area contributed by atoms with E-state index in [0.29, 0.717) is 32.9 Å². The van der Waals surface area contributed by atoms with Gasteiger partial charge in [-0.1, -0.05) is 0 Å². The number of aromatic nitrogens is 1. The molecule has 3 rings (SSSR count). The van der Waals surface area contributed by atoms with Crippen molar-refractivity contribution in [1.29, 1.82) is 0 Å². The van der Waals surface area contributed by atoms with Gasteiger partial charge in [-0.2, -0.15) is 0 Å². The molecule has 1 aromatic heterocycles. The first-order chi connectivity index (χ1) is 10.7. The summed E-state index contributed by atoms with van der Waals surface area (Å²) >= 11 is 0. The maximum absolute atomic E-state index is 11.7. The topological polar surface area (TPSA) is 54.9 Å². The molecule has 2 aliphatic heterocycles. The number of nitrogens with zero attached hydrogens (tertiary/aromatic N) is 3. The Balaban J connectivity index is 1.69. The van der Waals surface area contributed by atoms with Crippen molar-refractivity contribution in [3.8, 4) is 0 Å². The second-order valence-corrected chi connectivity index (χ2v) is 6.09. The molecule has 2 fully saturated rings. The van der Waals surface area contributed by atoms with Gasteiger partial charge in [0.05, 0.1) is 26.4 Å². The molecule has 0 radical (unpaired) electrons. The molecule has 0 aliphatic carbocycles. The highest BCUT2D eigenvalue weighted by Gasteiger charge is 2.40. The molecule has 0 saturated carbocycles. The summed E-state index contributed by atoms with van der Waals surface area (Å²) in [5.41, 5.74) is 0.831. The minimum absolute atomic E-state index is 0.0831. The maximum Gasteiger partial charge on any atom is 0.219 e. The van der Waals surface area contributed by atoms with Gasteiger partial charge in [0.15, 0.2) is 0 Å². The quantitative estimate of drug-likeness (QED) is 0.798.